The lowest BCUT2D eigenvalue weighted by atomic mass is 9.94. The molecule has 0 unspecified atom stereocenters. The molecule has 0 saturated carbocycles. The van der Waals surface area contributed by atoms with Gasteiger partial charge in [0.05, 0.1) is 0 Å². The molecule has 0 atom stereocenters. The number of rotatable bonds is 7. The van der Waals surface area contributed by atoms with Crippen LogP contribution in [0, 0.1) is 0 Å². The number of hydrogen-bond acceptors (Lipinski definition) is 0. The van der Waals surface area contributed by atoms with Crippen molar-refractivity contribution in [2.24, 2.45) is 0 Å². The van der Waals surface area contributed by atoms with Gasteiger partial charge in [-0.15, -0.1) is 0 Å². The van der Waals surface area contributed by atoms with Gasteiger partial charge in [0.15, 0.2) is 0 Å². The zero-order valence-corrected chi connectivity index (χ0v) is 27.2. The molecule has 46 heavy (non-hydrogen) atoms. The summed E-state index contributed by atoms with van der Waals surface area (Å²) >= 11 is 0. The molecule has 0 saturated heterocycles. The van der Waals surface area contributed by atoms with E-state index in [-0.39, 0.29) is 0 Å². The molecule has 8 aromatic rings. The summed E-state index contributed by atoms with van der Waals surface area (Å²) in [7, 11) is -1.51. The third-order valence-electron chi connectivity index (χ3n) is 8.56. The van der Waals surface area contributed by atoms with Crippen molar-refractivity contribution in [1.82, 2.24) is 0 Å². The quantitative estimate of drug-likeness (QED) is 0.156. The Labute approximate surface area is 273 Å². The Morgan fingerprint density at radius 2 is 0.522 bits per heavy atom. The molecule has 0 amide bonds. The fourth-order valence-corrected chi connectivity index (χ4v) is 11.2. The predicted octanol–water partition coefficient (Wildman–Crippen LogP) is 9.18. The average molecular weight is 623 g/mol. The molecule has 0 aromatic heterocycles. The Morgan fingerprint density at radius 1 is 0.239 bits per heavy atom. The van der Waals surface area contributed by atoms with Crippen molar-refractivity contribution in [3.63, 3.8) is 0 Å². The van der Waals surface area contributed by atoms with Crippen molar-refractivity contribution in [3.05, 3.63) is 194 Å². The van der Waals surface area contributed by atoms with Crippen LogP contribution in [0.15, 0.2) is 194 Å². The minimum Gasteiger partial charge on any atom is -0.0622 e. The van der Waals surface area contributed by atoms with Gasteiger partial charge in [0.2, 0.25) is 0 Å². The SMILES string of the molecule is c1ccc(P(c2ccccc2)c2cc(-c3cc(P(c4ccccc4)c4ccccc4)cc4ccccc34)c3ccccc3c2)cc1. The third-order valence-corrected chi connectivity index (χ3v) is 13.4. The molecule has 8 aromatic carbocycles. The van der Waals surface area contributed by atoms with E-state index in [0.717, 1.165) is 0 Å². The van der Waals surface area contributed by atoms with Crippen LogP contribution in [0.4, 0.5) is 0 Å². The van der Waals surface area contributed by atoms with Gasteiger partial charge in [0.25, 0.3) is 0 Å². The first kappa shape index (κ1) is 28.6. The van der Waals surface area contributed by atoms with Crippen LogP contribution in [-0.2, 0) is 0 Å². The highest BCUT2D eigenvalue weighted by molar-refractivity contribution is 7.80. The molecule has 0 aliphatic carbocycles. The highest BCUT2D eigenvalue weighted by atomic mass is 31.1. The van der Waals surface area contributed by atoms with Gasteiger partial charge in [-0.1, -0.05) is 170 Å². The average Bonchev–Trinajstić information content (AvgIpc) is 3.13. The lowest BCUT2D eigenvalue weighted by Crippen LogP contribution is -2.21. The zero-order valence-electron chi connectivity index (χ0n) is 25.4. The molecular weight excluding hydrogens is 590 g/mol. The van der Waals surface area contributed by atoms with Crippen LogP contribution >= 0.6 is 15.8 Å². The van der Waals surface area contributed by atoms with E-state index in [1.807, 2.05) is 0 Å². The molecule has 0 bridgehead atoms. The Kier molecular flexibility index (Phi) is 8.00. The maximum absolute atomic E-state index is 2.49. The van der Waals surface area contributed by atoms with Crippen LogP contribution in [-0.4, -0.2) is 0 Å². The van der Waals surface area contributed by atoms with Gasteiger partial charge in [0.1, 0.15) is 0 Å². The zero-order chi connectivity index (χ0) is 30.7. The van der Waals surface area contributed by atoms with E-state index in [2.05, 4.69) is 194 Å². The van der Waals surface area contributed by atoms with E-state index >= 15 is 0 Å². The molecule has 0 aliphatic rings. The van der Waals surface area contributed by atoms with Crippen LogP contribution in [0.2, 0.25) is 0 Å². The maximum atomic E-state index is 2.49. The highest BCUT2D eigenvalue weighted by Crippen LogP contribution is 2.41. The largest absolute Gasteiger partial charge is 0.0622 e. The van der Waals surface area contributed by atoms with Gasteiger partial charge in [0, 0.05) is 0 Å². The summed E-state index contributed by atoms with van der Waals surface area (Å²) in [6.07, 6.45) is 0. The summed E-state index contributed by atoms with van der Waals surface area (Å²) in [5.74, 6) is 0. The summed E-state index contributed by atoms with van der Waals surface area (Å²) in [6, 6.07) is 71.8. The molecule has 0 spiro atoms. The van der Waals surface area contributed by atoms with Crippen molar-refractivity contribution < 1.29 is 0 Å². The van der Waals surface area contributed by atoms with E-state index in [4.69, 9.17) is 0 Å². The van der Waals surface area contributed by atoms with Gasteiger partial charge < -0.3 is 0 Å². The van der Waals surface area contributed by atoms with Crippen LogP contribution in [0.25, 0.3) is 32.7 Å². The van der Waals surface area contributed by atoms with E-state index < -0.39 is 15.8 Å². The molecule has 218 valence electrons. The lowest BCUT2D eigenvalue weighted by molar-refractivity contribution is 1.71. The Morgan fingerprint density at radius 3 is 0.848 bits per heavy atom. The summed E-state index contributed by atoms with van der Waals surface area (Å²) < 4.78 is 0. The van der Waals surface area contributed by atoms with Gasteiger partial charge in [-0.25, -0.2) is 0 Å². The fourth-order valence-electron chi connectivity index (χ4n) is 6.50. The van der Waals surface area contributed by atoms with Crippen molar-refractivity contribution in [2.45, 2.75) is 0 Å². The van der Waals surface area contributed by atoms with Crippen molar-refractivity contribution in [3.8, 4) is 11.1 Å². The molecule has 0 nitrogen and oxygen atoms in total. The van der Waals surface area contributed by atoms with E-state index in [9.17, 15) is 0 Å². The monoisotopic (exact) mass is 622 g/mol. The van der Waals surface area contributed by atoms with Crippen LogP contribution in [0.3, 0.4) is 0 Å². The Hall–Kier alpha value is -4.86. The molecule has 0 N–H and O–H groups in total. The van der Waals surface area contributed by atoms with Gasteiger partial charge in [-0.2, -0.15) is 0 Å². The molecule has 2 heteroatoms. The second kappa shape index (κ2) is 12.9. The molecule has 8 rings (SSSR count). The van der Waals surface area contributed by atoms with Crippen LogP contribution in [0.5, 0.6) is 0 Å². The van der Waals surface area contributed by atoms with E-state index in [1.165, 1.54) is 64.5 Å². The van der Waals surface area contributed by atoms with Crippen molar-refractivity contribution >= 4 is 69.2 Å². The fraction of sp³-hybridized carbons (Fsp3) is 0. The normalized spacial score (nSPS) is 11.4. The topological polar surface area (TPSA) is 0 Å². The highest BCUT2D eigenvalue weighted by Gasteiger charge is 2.22. The number of hydrogen-bond donors (Lipinski definition) is 0. The van der Waals surface area contributed by atoms with Gasteiger partial charge in [-0.3, -0.25) is 0 Å². The van der Waals surface area contributed by atoms with Crippen molar-refractivity contribution in [1.29, 1.82) is 0 Å². The summed E-state index contributed by atoms with van der Waals surface area (Å²) in [5.41, 5.74) is 2.59. The lowest BCUT2D eigenvalue weighted by Gasteiger charge is -2.23. The number of fused-ring (bicyclic) bond motifs is 2. The van der Waals surface area contributed by atoms with Crippen LogP contribution in [0.1, 0.15) is 0 Å². The predicted molar refractivity (Wildman–Crippen MR) is 204 cm³/mol. The van der Waals surface area contributed by atoms with Crippen LogP contribution < -0.4 is 31.8 Å². The molecule has 0 fully saturated rings. The van der Waals surface area contributed by atoms with Crippen molar-refractivity contribution in [2.75, 3.05) is 0 Å². The minimum atomic E-state index is -0.757. The first-order chi connectivity index (χ1) is 22.8. The molecule has 0 aliphatic heterocycles. The maximum Gasteiger partial charge on any atom is -0.00924 e. The smallest absolute Gasteiger partial charge is 0.00924 e. The van der Waals surface area contributed by atoms with Gasteiger partial charge in [-0.05, 0) is 105 Å². The molecule has 0 heterocycles. The first-order valence-corrected chi connectivity index (χ1v) is 18.4. The number of benzene rings is 8. The van der Waals surface area contributed by atoms with E-state index in [1.54, 1.807) is 0 Å². The summed E-state index contributed by atoms with van der Waals surface area (Å²) in [6.45, 7) is 0. The molecule has 0 radical (unpaired) electrons. The van der Waals surface area contributed by atoms with Gasteiger partial charge >= 0.3 is 0 Å². The minimum absolute atomic E-state index is 0.757. The van der Waals surface area contributed by atoms with E-state index in [0.29, 0.717) is 0 Å². The Bertz CT molecular complexity index is 2000. The second-order valence-electron chi connectivity index (χ2n) is 11.4. The first-order valence-electron chi connectivity index (χ1n) is 15.7. The third kappa shape index (κ3) is 5.57. The summed E-state index contributed by atoms with van der Waals surface area (Å²) in [5, 5.41) is 13.3. The summed E-state index contributed by atoms with van der Waals surface area (Å²) in [4.78, 5) is 0. The standard InChI is InChI=1S/C44H32P2/c1-5-19-35(20-6-1)45(36-21-7-2-8-22-36)39-29-33-17-13-15-27-41(33)43(31-39)44-32-40(30-34-18-14-16-28-42(34)44)46(37-23-9-3-10-24-37)38-25-11-4-12-26-38/h1-32H. The Balaban J connectivity index is 1.41. The molecular formula is C44H32P2. The second-order valence-corrected chi connectivity index (χ2v) is 15.9.